The quantitative estimate of drug-likeness (QED) is 0.555. The Hall–Kier alpha value is -3.43. The van der Waals surface area contributed by atoms with E-state index in [0.717, 1.165) is 0 Å². The van der Waals surface area contributed by atoms with Gasteiger partial charge in [-0.05, 0) is 30.3 Å². The Balaban J connectivity index is 1.45. The molecular weight excluding hydrogens is 430 g/mol. The number of benzene rings is 2. The second-order valence-electron chi connectivity index (χ2n) is 7.18. The van der Waals surface area contributed by atoms with Crippen molar-refractivity contribution in [3.8, 4) is 0 Å². The maximum absolute atomic E-state index is 12.6. The highest BCUT2D eigenvalue weighted by atomic mass is 32.2. The monoisotopic (exact) mass is 451 g/mol. The molecule has 1 aromatic heterocycles. The molecule has 164 valence electrons. The van der Waals surface area contributed by atoms with Crippen LogP contribution < -0.4 is 11.0 Å². The van der Waals surface area contributed by atoms with Gasteiger partial charge >= 0.3 is 11.7 Å². The average Bonchev–Trinajstić information content (AvgIpc) is 3.22. The predicted molar refractivity (Wildman–Crippen MR) is 121 cm³/mol. The number of nitrogens with one attached hydrogen (secondary N) is 1. The van der Waals surface area contributed by atoms with Crippen LogP contribution in [0, 0.1) is 0 Å². The number of carbonyl (C=O) groups excluding carboxylic acids is 2. The number of rotatable bonds is 6. The summed E-state index contributed by atoms with van der Waals surface area (Å²) in [5, 5.41) is 11.6. The van der Waals surface area contributed by atoms with Crippen LogP contribution in [0.3, 0.4) is 0 Å². The Labute approximate surface area is 188 Å². The first-order valence-electron chi connectivity index (χ1n) is 10.0. The lowest BCUT2D eigenvalue weighted by molar-refractivity contribution is 0.0254. The summed E-state index contributed by atoms with van der Waals surface area (Å²) in [4.78, 5) is 41.2. The summed E-state index contributed by atoms with van der Waals surface area (Å²) < 4.78 is 7.02. The van der Waals surface area contributed by atoms with E-state index < -0.39 is 17.8 Å². The van der Waals surface area contributed by atoms with E-state index in [9.17, 15) is 19.5 Å². The summed E-state index contributed by atoms with van der Waals surface area (Å²) in [6, 6.07) is 18.8. The van der Waals surface area contributed by atoms with Gasteiger partial charge in [0, 0.05) is 18.2 Å². The highest BCUT2D eigenvalue weighted by Crippen LogP contribution is 2.42. The van der Waals surface area contributed by atoms with Crippen molar-refractivity contribution in [3.05, 3.63) is 94.5 Å². The van der Waals surface area contributed by atoms with Crippen molar-refractivity contribution in [1.82, 2.24) is 9.55 Å². The number of esters is 1. The molecule has 2 aromatic carbocycles. The van der Waals surface area contributed by atoms with Gasteiger partial charge in [0.1, 0.15) is 11.9 Å². The maximum Gasteiger partial charge on any atom is 0.350 e. The molecule has 0 aliphatic carbocycles. The molecule has 0 spiro atoms. The van der Waals surface area contributed by atoms with Gasteiger partial charge in [-0.2, -0.15) is 4.98 Å². The third kappa shape index (κ3) is 4.90. The van der Waals surface area contributed by atoms with Crippen LogP contribution in [0.4, 0.5) is 5.82 Å². The van der Waals surface area contributed by atoms with E-state index in [2.05, 4.69) is 10.3 Å². The van der Waals surface area contributed by atoms with Gasteiger partial charge in [-0.15, -0.1) is 11.8 Å². The van der Waals surface area contributed by atoms with E-state index in [-0.39, 0.29) is 29.0 Å². The smallest absolute Gasteiger partial charge is 0.350 e. The van der Waals surface area contributed by atoms with E-state index in [1.807, 2.05) is 0 Å². The molecule has 9 heteroatoms. The lowest BCUT2D eigenvalue weighted by Crippen LogP contribution is -2.28. The van der Waals surface area contributed by atoms with Crippen LogP contribution in [0.1, 0.15) is 32.5 Å². The summed E-state index contributed by atoms with van der Waals surface area (Å²) >= 11 is 1.35. The minimum absolute atomic E-state index is 0.147. The topological polar surface area (TPSA) is 111 Å². The summed E-state index contributed by atoms with van der Waals surface area (Å²) in [6.45, 7) is -0.193. The van der Waals surface area contributed by atoms with Crippen molar-refractivity contribution in [2.24, 2.45) is 0 Å². The van der Waals surface area contributed by atoms with Crippen LogP contribution in [0.2, 0.25) is 0 Å². The second-order valence-corrected chi connectivity index (χ2v) is 8.60. The van der Waals surface area contributed by atoms with Gasteiger partial charge in [-0.1, -0.05) is 36.4 Å². The molecule has 4 rings (SSSR count). The fourth-order valence-electron chi connectivity index (χ4n) is 3.42. The number of amides is 1. The summed E-state index contributed by atoms with van der Waals surface area (Å²) in [6.07, 6.45) is 1.35. The highest BCUT2D eigenvalue weighted by Gasteiger charge is 2.38. The van der Waals surface area contributed by atoms with Crippen LogP contribution in [0.15, 0.2) is 77.7 Å². The van der Waals surface area contributed by atoms with Gasteiger partial charge < -0.3 is 15.2 Å². The molecule has 0 radical (unpaired) electrons. The molecule has 32 heavy (non-hydrogen) atoms. The maximum atomic E-state index is 12.6. The van der Waals surface area contributed by atoms with Gasteiger partial charge in [0.25, 0.3) is 5.91 Å². The molecule has 1 aliphatic heterocycles. The Morgan fingerprint density at radius 3 is 2.34 bits per heavy atom. The fraction of sp³-hybridized carbons (Fsp3) is 0.217. The van der Waals surface area contributed by atoms with Gasteiger partial charge in [-0.25, -0.2) is 9.59 Å². The first-order chi connectivity index (χ1) is 15.5. The van der Waals surface area contributed by atoms with E-state index in [1.165, 1.54) is 16.3 Å². The number of carbonyl (C=O) groups is 2. The molecule has 1 fully saturated rings. The van der Waals surface area contributed by atoms with Crippen molar-refractivity contribution in [2.75, 3.05) is 11.9 Å². The number of aliphatic hydroxyl groups excluding tert-OH is 1. The Kier molecular flexibility index (Phi) is 6.67. The third-order valence-corrected chi connectivity index (χ3v) is 6.58. The minimum Gasteiger partial charge on any atom is -0.457 e. The molecular formula is C23H21N3O5S. The zero-order valence-corrected chi connectivity index (χ0v) is 17.8. The van der Waals surface area contributed by atoms with Gasteiger partial charge in [0.2, 0.25) is 0 Å². The molecule has 2 N–H and O–H groups in total. The lowest BCUT2D eigenvalue weighted by atomic mass is 10.1. The van der Waals surface area contributed by atoms with Crippen molar-refractivity contribution >= 4 is 29.5 Å². The van der Waals surface area contributed by atoms with E-state index in [0.29, 0.717) is 17.5 Å². The molecule has 0 unspecified atom stereocenters. The van der Waals surface area contributed by atoms with Crippen molar-refractivity contribution in [3.63, 3.8) is 0 Å². The zero-order valence-electron chi connectivity index (χ0n) is 17.0. The van der Waals surface area contributed by atoms with Crippen LogP contribution in [0.25, 0.3) is 0 Å². The number of ether oxygens (including phenoxy) is 1. The number of aromatic nitrogens is 2. The van der Waals surface area contributed by atoms with E-state index >= 15 is 0 Å². The largest absolute Gasteiger partial charge is 0.457 e. The standard InChI is InChI=1S/C23H21N3O5S/c27-14-18-17(31-22(29)16-9-5-2-6-10-16)13-20(32-18)26-12-11-19(25-23(26)30)24-21(28)15-7-3-1-4-8-15/h1-12,17-18,20,27H,13-14H2,(H,24,25,28,30)/t17-,18+,20+/m0/s1. The normalized spacial score (nSPS) is 20.0. The van der Waals surface area contributed by atoms with Gasteiger partial charge in [-0.3, -0.25) is 9.36 Å². The number of aliphatic hydroxyl groups is 1. The molecule has 0 saturated carbocycles. The molecule has 1 amide bonds. The van der Waals surface area contributed by atoms with Gasteiger partial charge in [0.05, 0.1) is 22.8 Å². The number of thioether (sulfide) groups is 1. The molecule has 0 bridgehead atoms. The summed E-state index contributed by atoms with van der Waals surface area (Å²) in [5.74, 6) is -0.688. The molecule has 3 atom stereocenters. The van der Waals surface area contributed by atoms with Crippen molar-refractivity contribution < 1.29 is 19.4 Å². The highest BCUT2D eigenvalue weighted by molar-refractivity contribution is 8.00. The second kappa shape index (κ2) is 9.80. The first kappa shape index (κ1) is 21.8. The zero-order chi connectivity index (χ0) is 22.5. The average molecular weight is 452 g/mol. The molecule has 2 heterocycles. The van der Waals surface area contributed by atoms with E-state index in [4.69, 9.17) is 4.74 Å². The molecule has 3 aromatic rings. The number of hydrogen-bond donors (Lipinski definition) is 2. The molecule has 8 nitrogen and oxygen atoms in total. The van der Waals surface area contributed by atoms with Crippen LogP contribution in [0.5, 0.6) is 0 Å². The Morgan fingerprint density at radius 1 is 1.06 bits per heavy atom. The number of nitrogens with zero attached hydrogens (tertiary/aromatic N) is 2. The fourth-order valence-corrected chi connectivity index (χ4v) is 4.84. The van der Waals surface area contributed by atoms with Gasteiger partial charge in [0.15, 0.2) is 0 Å². The number of hydrogen-bond acceptors (Lipinski definition) is 7. The van der Waals surface area contributed by atoms with Crippen molar-refractivity contribution in [1.29, 1.82) is 0 Å². The summed E-state index contributed by atoms with van der Waals surface area (Å²) in [7, 11) is 0. The molecule has 1 aliphatic rings. The third-order valence-electron chi connectivity index (χ3n) is 5.05. The Bertz CT molecular complexity index is 1150. The number of anilines is 1. The molecule has 1 saturated heterocycles. The minimum atomic E-state index is -0.549. The van der Waals surface area contributed by atoms with E-state index in [1.54, 1.807) is 72.9 Å². The predicted octanol–water partition coefficient (Wildman–Crippen LogP) is 2.72. The Morgan fingerprint density at radius 2 is 1.72 bits per heavy atom. The lowest BCUT2D eigenvalue weighted by Gasteiger charge is -2.16. The first-order valence-corrected chi connectivity index (χ1v) is 11.0. The SMILES string of the molecule is O=C(Nc1ccn([C@H]2C[C@H](OC(=O)c3ccccc3)[C@@H](CO)S2)c(=O)n1)c1ccccc1. The summed E-state index contributed by atoms with van der Waals surface area (Å²) in [5.41, 5.74) is 0.341. The van der Waals surface area contributed by atoms with Crippen molar-refractivity contribution in [2.45, 2.75) is 23.1 Å². The van der Waals surface area contributed by atoms with Crippen LogP contribution >= 0.6 is 11.8 Å². The van der Waals surface area contributed by atoms with Crippen LogP contribution in [-0.4, -0.2) is 44.5 Å². The van der Waals surface area contributed by atoms with Crippen LogP contribution in [-0.2, 0) is 4.74 Å².